The van der Waals surface area contributed by atoms with Crippen LogP contribution < -0.4 is 10.1 Å². The number of hydrogen-bond donors (Lipinski definition) is 1. The summed E-state index contributed by atoms with van der Waals surface area (Å²) in [5.41, 5.74) is 2.12. The van der Waals surface area contributed by atoms with Gasteiger partial charge in [-0.05, 0) is 74.3 Å². The molecule has 5 heteroatoms. The number of esters is 1. The van der Waals surface area contributed by atoms with Gasteiger partial charge in [0.15, 0.2) is 0 Å². The number of hydrogen-bond acceptors (Lipinski definition) is 4. The molecule has 144 valence electrons. The average molecular weight is 361 g/mol. The minimum Gasteiger partial charge on any atom is -0.497 e. The van der Waals surface area contributed by atoms with Gasteiger partial charge in [-0.2, -0.15) is 0 Å². The summed E-state index contributed by atoms with van der Waals surface area (Å²) in [5.74, 6) is 0.939. The van der Waals surface area contributed by atoms with Gasteiger partial charge in [0.2, 0.25) is 5.91 Å². The monoisotopic (exact) mass is 361 g/mol. The third-order valence-electron chi connectivity index (χ3n) is 5.73. The van der Waals surface area contributed by atoms with Crippen LogP contribution in [0.15, 0.2) is 12.1 Å². The van der Waals surface area contributed by atoms with Gasteiger partial charge in [0.25, 0.3) is 0 Å². The van der Waals surface area contributed by atoms with Crippen LogP contribution in [0, 0.1) is 19.8 Å². The van der Waals surface area contributed by atoms with Crippen LogP contribution in [0.3, 0.4) is 0 Å². The fraction of sp³-hybridized carbons (Fsp3) is 0.619. The molecule has 5 nitrogen and oxygen atoms in total. The number of amides is 1. The van der Waals surface area contributed by atoms with Crippen LogP contribution in [0.5, 0.6) is 5.75 Å². The first-order chi connectivity index (χ1) is 12.3. The summed E-state index contributed by atoms with van der Waals surface area (Å²) in [6, 6.07) is 3.86. The molecule has 1 fully saturated rings. The minimum absolute atomic E-state index is 0.137. The summed E-state index contributed by atoms with van der Waals surface area (Å²) in [4.78, 5) is 25.2. The maximum Gasteiger partial charge on any atom is 0.331 e. The Morgan fingerprint density at radius 2 is 1.73 bits per heavy atom. The van der Waals surface area contributed by atoms with Crippen LogP contribution >= 0.6 is 0 Å². The Morgan fingerprint density at radius 3 is 2.19 bits per heavy atom. The predicted molar refractivity (Wildman–Crippen MR) is 101 cm³/mol. The number of benzene rings is 1. The molecule has 0 saturated heterocycles. The van der Waals surface area contributed by atoms with Crippen molar-refractivity contribution >= 4 is 11.9 Å². The minimum atomic E-state index is -0.883. The molecule has 2 rings (SSSR count). The largest absolute Gasteiger partial charge is 0.497 e. The van der Waals surface area contributed by atoms with E-state index in [0.717, 1.165) is 41.7 Å². The lowest BCUT2D eigenvalue weighted by molar-refractivity contribution is -0.153. The summed E-state index contributed by atoms with van der Waals surface area (Å²) in [6.45, 7) is 6.12. The zero-order valence-electron chi connectivity index (χ0n) is 16.6. The van der Waals surface area contributed by atoms with E-state index < -0.39 is 5.54 Å². The van der Waals surface area contributed by atoms with Crippen LogP contribution in [0.1, 0.15) is 55.7 Å². The third kappa shape index (κ3) is 4.37. The SMILES string of the molecule is CCC1CCC(NC(=O)Cc2c(C)cc(OC)cc2C)(C(=O)OC)CC1. The fourth-order valence-electron chi connectivity index (χ4n) is 3.98. The van der Waals surface area contributed by atoms with Crippen LogP contribution in [0.25, 0.3) is 0 Å². The second kappa shape index (κ2) is 8.56. The Balaban J connectivity index is 2.15. The number of ether oxygens (including phenoxy) is 2. The van der Waals surface area contributed by atoms with Crippen molar-refractivity contribution < 1.29 is 19.1 Å². The molecule has 1 aliphatic carbocycles. The maximum absolute atomic E-state index is 12.8. The predicted octanol–water partition coefficient (Wildman–Crippen LogP) is 3.48. The van der Waals surface area contributed by atoms with Crippen molar-refractivity contribution in [3.8, 4) is 5.75 Å². The molecule has 0 atom stereocenters. The van der Waals surface area contributed by atoms with E-state index in [4.69, 9.17) is 9.47 Å². The summed E-state index contributed by atoms with van der Waals surface area (Å²) >= 11 is 0. The quantitative estimate of drug-likeness (QED) is 0.788. The number of methoxy groups -OCH3 is 2. The van der Waals surface area contributed by atoms with E-state index in [1.165, 1.54) is 7.11 Å². The Hall–Kier alpha value is -2.04. The first-order valence-electron chi connectivity index (χ1n) is 9.38. The molecular formula is C21H31NO4. The lowest BCUT2D eigenvalue weighted by atomic mass is 9.75. The van der Waals surface area contributed by atoms with Crippen LogP contribution in [-0.4, -0.2) is 31.6 Å². The molecule has 0 aromatic heterocycles. The summed E-state index contributed by atoms with van der Waals surface area (Å²) in [5, 5.41) is 3.01. The molecule has 0 spiro atoms. The van der Waals surface area contributed by atoms with E-state index in [-0.39, 0.29) is 18.3 Å². The lowest BCUT2D eigenvalue weighted by Crippen LogP contribution is -2.57. The van der Waals surface area contributed by atoms with E-state index in [1.54, 1.807) is 7.11 Å². The highest BCUT2D eigenvalue weighted by Crippen LogP contribution is 2.35. The Bertz CT molecular complexity index is 637. The van der Waals surface area contributed by atoms with Gasteiger partial charge >= 0.3 is 5.97 Å². The van der Waals surface area contributed by atoms with Crippen molar-refractivity contribution in [1.29, 1.82) is 0 Å². The number of rotatable bonds is 6. The van der Waals surface area contributed by atoms with E-state index in [2.05, 4.69) is 12.2 Å². The van der Waals surface area contributed by atoms with E-state index in [0.29, 0.717) is 18.8 Å². The smallest absolute Gasteiger partial charge is 0.331 e. The van der Waals surface area contributed by atoms with Gasteiger partial charge in [0.05, 0.1) is 20.6 Å². The van der Waals surface area contributed by atoms with Gasteiger partial charge in [0.1, 0.15) is 11.3 Å². The molecule has 1 amide bonds. The van der Waals surface area contributed by atoms with Gasteiger partial charge in [0, 0.05) is 0 Å². The van der Waals surface area contributed by atoms with Crippen LogP contribution in [0.4, 0.5) is 0 Å². The van der Waals surface area contributed by atoms with Crippen LogP contribution in [0.2, 0.25) is 0 Å². The van der Waals surface area contributed by atoms with Gasteiger partial charge in [-0.25, -0.2) is 4.79 Å². The molecule has 0 unspecified atom stereocenters. The average Bonchev–Trinajstić information content (AvgIpc) is 2.64. The summed E-state index contributed by atoms with van der Waals surface area (Å²) in [6.07, 6.45) is 4.51. The van der Waals surface area contributed by atoms with Crippen LogP contribution in [-0.2, 0) is 20.7 Å². The first kappa shape index (κ1) is 20.3. The molecule has 1 saturated carbocycles. The summed E-state index contributed by atoms with van der Waals surface area (Å²) in [7, 11) is 3.02. The topological polar surface area (TPSA) is 64.6 Å². The molecule has 1 aliphatic rings. The highest BCUT2D eigenvalue weighted by molar-refractivity contribution is 5.89. The fourth-order valence-corrected chi connectivity index (χ4v) is 3.98. The second-order valence-electron chi connectivity index (χ2n) is 7.39. The Labute approximate surface area is 156 Å². The molecule has 0 bridgehead atoms. The standard InChI is InChI=1S/C21H31NO4/c1-6-16-7-9-21(10-8-16,20(24)26-5)22-19(23)13-18-14(2)11-17(25-4)12-15(18)3/h11-12,16H,6-10,13H2,1-5H3,(H,22,23). The zero-order valence-corrected chi connectivity index (χ0v) is 16.6. The van der Waals surface area contributed by atoms with E-state index in [1.807, 2.05) is 26.0 Å². The van der Waals surface area contributed by atoms with Crippen molar-refractivity contribution in [2.75, 3.05) is 14.2 Å². The highest BCUT2D eigenvalue weighted by atomic mass is 16.5. The normalized spacial score (nSPS) is 22.6. The van der Waals surface area contributed by atoms with E-state index in [9.17, 15) is 9.59 Å². The number of carbonyl (C=O) groups is 2. The first-order valence-corrected chi connectivity index (χ1v) is 9.38. The Kier molecular flexibility index (Phi) is 6.68. The van der Waals surface area contributed by atoms with Crippen molar-refractivity contribution in [2.45, 2.75) is 64.8 Å². The second-order valence-corrected chi connectivity index (χ2v) is 7.39. The van der Waals surface area contributed by atoms with Crippen molar-refractivity contribution in [3.63, 3.8) is 0 Å². The van der Waals surface area contributed by atoms with E-state index >= 15 is 0 Å². The van der Waals surface area contributed by atoms with Crippen molar-refractivity contribution in [3.05, 3.63) is 28.8 Å². The molecular weight excluding hydrogens is 330 g/mol. The number of aryl methyl sites for hydroxylation is 2. The molecule has 1 aromatic carbocycles. The van der Waals surface area contributed by atoms with Gasteiger partial charge in [-0.3, -0.25) is 4.79 Å². The number of nitrogens with one attached hydrogen (secondary N) is 1. The zero-order chi connectivity index (χ0) is 19.3. The summed E-state index contributed by atoms with van der Waals surface area (Å²) < 4.78 is 10.3. The third-order valence-corrected chi connectivity index (χ3v) is 5.73. The van der Waals surface area contributed by atoms with Gasteiger partial charge in [-0.1, -0.05) is 13.3 Å². The van der Waals surface area contributed by atoms with Crippen molar-refractivity contribution in [2.24, 2.45) is 5.92 Å². The molecule has 0 radical (unpaired) electrons. The van der Waals surface area contributed by atoms with Crippen molar-refractivity contribution in [1.82, 2.24) is 5.32 Å². The Morgan fingerprint density at radius 1 is 1.15 bits per heavy atom. The molecule has 0 heterocycles. The highest BCUT2D eigenvalue weighted by Gasteiger charge is 2.43. The molecule has 1 aromatic rings. The van der Waals surface area contributed by atoms with Gasteiger partial charge < -0.3 is 14.8 Å². The molecule has 26 heavy (non-hydrogen) atoms. The maximum atomic E-state index is 12.8. The molecule has 1 N–H and O–H groups in total. The molecule has 0 aliphatic heterocycles. The number of carbonyl (C=O) groups excluding carboxylic acids is 2. The van der Waals surface area contributed by atoms with Gasteiger partial charge in [-0.15, -0.1) is 0 Å². The lowest BCUT2D eigenvalue weighted by Gasteiger charge is -2.38.